The van der Waals surface area contributed by atoms with Crippen LogP contribution in [0.15, 0.2) is 24.4 Å². The van der Waals surface area contributed by atoms with Crippen molar-refractivity contribution < 1.29 is 5.11 Å². The van der Waals surface area contributed by atoms with Crippen LogP contribution < -0.4 is 5.32 Å². The fraction of sp³-hybridized carbons (Fsp3) is 0.500. The minimum Gasteiger partial charge on any atom is -0.394 e. The largest absolute Gasteiger partial charge is 0.394 e. The van der Waals surface area contributed by atoms with E-state index in [0.29, 0.717) is 0 Å². The van der Waals surface area contributed by atoms with Crippen LogP contribution in [-0.2, 0) is 0 Å². The highest BCUT2D eigenvalue weighted by Crippen LogP contribution is 2.12. The second-order valence-corrected chi connectivity index (χ2v) is 5.15. The molecule has 0 saturated heterocycles. The van der Waals surface area contributed by atoms with Gasteiger partial charge in [-0.3, -0.25) is 0 Å². The van der Waals surface area contributed by atoms with Gasteiger partial charge in [0, 0.05) is 0 Å². The highest BCUT2D eigenvalue weighted by atomic mass is 16.3. The Morgan fingerprint density at radius 3 is 2.95 bits per heavy atom. The number of aromatic nitrogens is 3. The van der Waals surface area contributed by atoms with Gasteiger partial charge in [-0.2, -0.15) is 0 Å². The third-order valence-electron chi connectivity index (χ3n) is 3.47. The molecule has 5 nitrogen and oxygen atoms in total. The summed E-state index contributed by atoms with van der Waals surface area (Å²) in [6.45, 7) is 4.32. The number of anilines is 1. The number of aliphatic hydroxyl groups excluding tert-OH is 1. The maximum atomic E-state index is 9.26. The molecule has 0 radical (unpaired) electrons. The second kappa shape index (κ2) is 7.78. The third kappa shape index (κ3) is 4.04. The summed E-state index contributed by atoms with van der Waals surface area (Å²) in [5, 5.41) is 17.0. The molecule has 0 bridgehead atoms. The Labute approximate surface area is 125 Å². The number of hydrogen-bond donors (Lipinski definition) is 2. The number of fused-ring (bicyclic) bond motifs is 1. The van der Waals surface area contributed by atoms with Crippen LogP contribution in [0.1, 0.15) is 45.2 Å². The monoisotopic (exact) mass is 288 g/mol. The molecule has 1 atom stereocenters. The van der Waals surface area contributed by atoms with Crippen molar-refractivity contribution in [3.8, 4) is 0 Å². The Morgan fingerprint density at radius 2 is 2.24 bits per heavy atom. The van der Waals surface area contributed by atoms with Gasteiger partial charge in [0.2, 0.25) is 0 Å². The molecule has 0 spiro atoms. The fourth-order valence-corrected chi connectivity index (χ4v) is 2.09. The van der Waals surface area contributed by atoms with Crippen molar-refractivity contribution in [2.45, 2.75) is 45.6 Å². The first-order valence-electron chi connectivity index (χ1n) is 7.67. The number of nitrogens with one attached hydrogen (secondary N) is 1. The predicted molar refractivity (Wildman–Crippen MR) is 86.3 cm³/mol. The maximum absolute atomic E-state index is 9.26. The molecule has 2 heterocycles. The molecule has 0 aliphatic heterocycles. The quantitative estimate of drug-likeness (QED) is 0.733. The molecule has 2 N–H and O–H groups in total. The standard InChI is InChI=1S/C16H24N4O/c1-3-5-6-7-8-14-11-17-16-10-9-15(19-20(14)16)18-13(4-2)12-21/h7-11,13,21H,3-6,12H2,1-2H3,(H,18,19). The van der Waals surface area contributed by atoms with E-state index < -0.39 is 0 Å². The van der Waals surface area contributed by atoms with Gasteiger partial charge in [-0.1, -0.05) is 32.8 Å². The smallest absolute Gasteiger partial charge is 0.154 e. The molecule has 114 valence electrons. The first kappa shape index (κ1) is 15.5. The van der Waals surface area contributed by atoms with Gasteiger partial charge in [0.05, 0.1) is 24.5 Å². The Kier molecular flexibility index (Phi) is 5.75. The molecule has 0 aromatic carbocycles. The number of rotatable bonds is 8. The zero-order valence-corrected chi connectivity index (χ0v) is 12.8. The van der Waals surface area contributed by atoms with Crippen LogP contribution in [0.5, 0.6) is 0 Å². The first-order chi connectivity index (χ1) is 10.3. The van der Waals surface area contributed by atoms with Gasteiger partial charge >= 0.3 is 0 Å². The topological polar surface area (TPSA) is 62.5 Å². The van der Waals surface area contributed by atoms with E-state index in [1.54, 1.807) is 0 Å². The average Bonchev–Trinajstić information content (AvgIpc) is 2.91. The lowest BCUT2D eigenvalue weighted by Crippen LogP contribution is -2.23. The van der Waals surface area contributed by atoms with Gasteiger partial charge in [-0.05, 0) is 31.1 Å². The Bertz CT molecular complexity index is 587. The minimum absolute atomic E-state index is 0.0296. The lowest BCUT2D eigenvalue weighted by molar-refractivity contribution is 0.271. The predicted octanol–water partition coefficient (Wildman–Crippen LogP) is 3.12. The van der Waals surface area contributed by atoms with Gasteiger partial charge in [-0.15, -0.1) is 5.10 Å². The molecular weight excluding hydrogens is 264 g/mol. The molecule has 2 rings (SSSR count). The van der Waals surface area contributed by atoms with Gasteiger partial charge in [-0.25, -0.2) is 9.50 Å². The van der Waals surface area contributed by atoms with E-state index in [1.807, 2.05) is 29.8 Å². The Morgan fingerprint density at radius 1 is 1.38 bits per heavy atom. The van der Waals surface area contributed by atoms with E-state index in [9.17, 15) is 5.11 Å². The summed E-state index contributed by atoms with van der Waals surface area (Å²) in [5.74, 6) is 0.754. The summed E-state index contributed by atoms with van der Waals surface area (Å²) in [6.07, 6.45) is 10.4. The number of allylic oxidation sites excluding steroid dienone is 1. The molecule has 0 saturated carbocycles. The van der Waals surface area contributed by atoms with Crippen LogP contribution in [0.2, 0.25) is 0 Å². The SMILES string of the molecule is CCCCC=Cc1cnc2ccc(NC(CC)CO)nn12. The molecule has 0 aliphatic rings. The highest BCUT2D eigenvalue weighted by molar-refractivity contribution is 5.53. The zero-order chi connectivity index (χ0) is 15.1. The lowest BCUT2D eigenvalue weighted by Gasteiger charge is -2.14. The summed E-state index contributed by atoms with van der Waals surface area (Å²) in [6, 6.07) is 3.86. The maximum Gasteiger partial charge on any atom is 0.154 e. The normalized spacial score (nSPS) is 13.1. The molecule has 0 amide bonds. The van der Waals surface area contributed by atoms with Crippen LogP contribution in [0.25, 0.3) is 11.7 Å². The van der Waals surface area contributed by atoms with Crippen molar-refractivity contribution in [3.63, 3.8) is 0 Å². The van der Waals surface area contributed by atoms with Crippen molar-refractivity contribution in [2.75, 3.05) is 11.9 Å². The van der Waals surface area contributed by atoms with Crippen LogP contribution in [0.3, 0.4) is 0 Å². The van der Waals surface area contributed by atoms with Gasteiger partial charge in [0.1, 0.15) is 5.82 Å². The molecule has 0 aliphatic carbocycles. The van der Waals surface area contributed by atoms with E-state index in [4.69, 9.17) is 0 Å². The lowest BCUT2D eigenvalue weighted by atomic mass is 10.2. The molecule has 1 unspecified atom stereocenters. The zero-order valence-electron chi connectivity index (χ0n) is 12.8. The third-order valence-corrected chi connectivity index (χ3v) is 3.47. The van der Waals surface area contributed by atoms with Crippen LogP contribution in [0, 0.1) is 0 Å². The second-order valence-electron chi connectivity index (χ2n) is 5.15. The van der Waals surface area contributed by atoms with E-state index in [0.717, 1.165) is 30.0 Å². The van der Waals surface area contributed by atoms with Crippen molar-refractivity contribution in [3.05, 3.63) is 30.1 Å². The van der Waals surface area contributed by atoms with E-state index in [-0.39, 0.29) is 12.6 Å². The molecule has 2 aromatic rings. The average molecular weight is 288 g/mol. The summed E-state index contributed by atoms with van der Waals surface area (Å²) in [7, 11) is 0. The van der Waals surface area contributed by atoms with E-state index >= 15 is 0 Å². The van der Waals surface area contributed by atoms with Crippen LogP contribution in [0.4, 0.5) is 5.82 Å². The number of unbranched alkanes of at least 4 members (excludes halogenated alkanes) is 2. The van der Waals surface area contributed by atoms with E-state index in [2.05, 4.69) is 34.5 Å². The molecule has 2 aromatic heterocycles. The van der Waals surface area contributed by atoms with Crippen molar-refractivity contribution in [1.29, 1.82) is 0 Å². The number of imidazole rings is 1. The highest BCUT2D eigenvalue weighted by Gasteiger charge is 2.07. The van der Waals surface area contributed by atoms with Crippen molar-refractivity contribution in [1.82, 2.24) is 14.6 Å². The van der Waals surface area contributed by atoms with Gasteiger partial charge in [0.25, 0.3) is 0 Å². The van der Waals surface area contributed by atoms with Crippen molar-refractivity contribution >= 4 is 17.5 Å². The Hall–Kier alpha value is -1.88. The molecule has 0 fully saturated rings. The van der Waals surface area contributed by atoms with Gasteiger partial charge in [0.15, 0.2) is 5.65 Å². The number of aliphatic hydroxyl groups is 1. The van der Waals surface area contributed by atoms with Crippen LogP contribution in [-0.4, -0.2) is 32.4 Å². The molecule has 21 heavy (non-hydrogen) atoms. The first-order valence-corrected chi connectivity index (χ1v) is 7.67. The van der Waals surface area contributed by atoms with Crippen molar-refractivity contribution in [2.24, 2.45) is 0 Å². The van der Waals surface area contributed by atoms with Gasteiger partial charge < -0.3 is 10.4 Å². The minimum atomic E-state index is 0.0296. The number of nitrogens with zero attached hydrogens (tertiary/aromatic N) is 3. The summed E-state index contributed by atoms with van der Waals surface area (Å²) >= 11 is 0. The summed E-state index contributed by atoms with van der Waals surface area (Å²) in [5.41, 5.74) is 1.80. The Balaban J connectivity index is 2.18. The fourth-order valence-electron chi connectivity index (χ4n) is 2.09. The number of hydrogen-bond acceptors (Lipinski definition) is 4. The molecule has 5 heteroatoms. The van der Waals surface area contributed by atoms with E-state index in [1.165, 1.54) is 12.8 Å². The molecular formula is C16H24N4O. The summed E-state index contributed by atoms with van der Waals surface area (Å²) < 4.78 is 1.83. The van der Waals surface area contributed by atoms with Crippen LogP contribution >= 0.6 is 0 Å². The summed E-state index contributed by atoms with van der Waals surface area (Å²) in [4.78, 5) is 4.35.